The molecule has 0 atom stereocenters. The molecule has 4 aromatic rings. The second-order valence-corrected chi connectivity index (χ2v) is 8.37. The van der Waals surface area contributed by atoms with Crippen molar-refractivity contribution in [2.24, 2.45) is 0 Å². The second kappa shape index (κ2) is 8.18. The number of fused-ring (bicyclic) bond motifs is 1. The van der Waals surface area contributed by atoms with Gasteiger partial charge in [0.05, 0.1) is 17.4 Å². The molecule has 0 fully saturated rings. The zero-order valence-corrected chi connectivity index (χ0v) is 16.9. The van der Waals surface area contributed by atoms with Crippen molar-refractivity contribution in [2.75, 3.05) is 5.32 Å². The first-order valence-corrected chi connectivity index (χ1v) is 10.4. The van der Waals surface area contributed by atoms with Crippen molar-refractivity contribution in [3.63, 3.8) is 0 Å². The van der Waals surface area contributed by atoms with Crippen molar-refractivity contribution in [1.29, 1.82) is 0 Å². The lowest BCUT2D eigenvalue weighted by Crippen LogP contribution is -2.27. The van der Waals surface area contributed by atoms with Gasteiger partial charge in [-0.1, -0.05) is 41.6 Å². The maximum absolute atomic E-state index is 12.6. The molecule has 0 unspecified atom stereocenters. The molecule has 1 N–H and O–H groups in total. The Kier molecular flexibility index (Phi) is 5.47. The van der Waals surface area contributed by atoms with Crippen LogP contribution in [-0.4, -0.2) is 15.5 Å². The minimum atomic E-state index is -0.323. The van der Waals surface area contributed by atoms with Gasteiger partial charge in [-0.15, -0.1) is 11.3 Å². The van der Waals surface area contributed by atoms with Crippen LogP contribution in [0.4, 0.5) is 5.69 Å². The zero-order chi connectivity index (χ0) is 19.5. The van der Waals surface area contributed by atoms with Crippen molar-refractivity contribution in [3.05, 3.63) is 81.7 Å². The Bertz CT molecular complexity index is 1210. The normalized spacial score (nSPS) is 10.9. The minimum Gasteiger partial charge on any atom is -0.323 e. The van der Waals surface area contributed by atoms with Crippen LogP contribution in [0.5, 0.6) is 0 Å². The summed E-state index contributed by atoms with van der Waals surface area (Å²) in [5, 5.41) is 5.70. The third kappa shape index (κ3) is 4.11. The molecular weight excluding hydrogens is 414 g/mol. The highest BCUT2D eigenvalue weighted by Crippen LogP contribution is 2.35. The zero-order valence-electron chi connectivity index (χ0n) is 14.5. The van der Waals surface area contributed by atoms with E-state index in [1.165, 1.54) is 34.0 Å². The standard InChI is InChI=1S/C20H14ClN3O2S2/c21-13-6-7-17(28-14-4-2-1-3-5-14)16(10-13)23-18(25)11-24-12-22-19-15(20(24)26)8-9-27-19/h1-10,12H,11H2,(H,23,25). The van der Waals surface area contributed by atoms with Gasteiger partial charge in [-0.3, -0.25) is 14.2 Å². The predicted octanol–water partition coefficient (Wildman–Crippen LogP) is 4.90. The summed E-state index contributed by atoms with van der Waals surface area (Å²) < 4.78 is 1.30. The molecule has 0 aliphatic carbocycles. The molecule has 2 heterocycles. The van der Waals surface area contributed by atoms with Gasteiger partial charge in [-0.2, -0.15) is 0 Å². The molecule has 2 aromatic heterocycles. The van der Waals surface area contributed by atoms with Crippen molar-refractivity contribution >= 4 is 56.5 Å². The number of hydrogen-bond donors (Lipinski definition) is 1. The van der Waals surface area contributed by atoms with E-state index >= 15 is 0 Å². The fraction of sp³-hybridized carbons (Fsp3) is 0.0500. The van der Waals surface area contributed by atoms with Crippen LogP contribution in [0.2, 0.25) is 5.02 Å². The summed E-state index contributed by atoms with van der Waals surface area (Å²) in [5.74, 6) is -0.323. The minimum absolute atomic E-state index is 0.125. The average Bonchev–Trinajstić information content (AvgIpc) is 3.17. The molecule has 8 heteroatoms. The fourth-order valence-corrected chi connectivity index (χ4v) is 4.45. The van der Waals surface area contributed by atoms with Crippen LogP contribution in [0.1, 0.15) is 0 Å². The third-order valence-electron chi connectivity index (χ3n) is 3.95. The van der Waals surface area contributed by atoms with Gasteiger partial charge in [0.1, 0.15) is 11.4 Å². The maximum atomic E-state index is 12.6. The Labute approximate surface area is 174 Å². The Balaban J connectivity index is 1.56. The number of hydrogen-bond acceptors (Lipinski definition) is 5. The van der Waals surface area contributed by atoms with Crippen LogP contribution < -0.4 is 10.9 Å². The molecule has 4 rings (SSSR count). The Morgan fingerprint density at radius 2 is 2.00 bits per heavy atom. The number of rotatable bonds is 5. The van der Waals surface area contributed by atoms with Gasteiger partial charge in [0.2, 0.25) is 5.91 Å². The number of nitrogens with zero attached hydrogens (tertiary/aromatic N) is 2. The smallest absolute Gasteiger partial charge is 0.262 e. The third-order valence-corrected chi connectivity index (χ3v) is 6.09. The molecule has 0 radical (unpaired) electrons. The summed E-state index contributed by atoms with van der Waals surface area (Å²) in [5.41, 5.74) is 0.371. The molecule has 5 nitrogen and oxygen atoms in total. The van der Waals surface area contributed by atoms with Gasteiger partial charge in [-0.05, 0) is 41.8 Å². The summed E-state index contributed by atoms with van der Waals surface area (Å²) in [7, 11) is 0. The number of nitrogens with one attached hydrogen (secondary N) is 1. The number of anilines is 1. The lowest BCUT2D eigenvalue weighted by Gasteiger charge is -2.12. The van der Waals surface area contributed by atoms with Gasteiger partial charge in [-0.25, -0.2) is 4.98 Å². The van der Waals surface area contributed by atoms with E-state index in [1.807, 2.05) is 41.8 Å². The molecule has 0 aliphatic rings. The summed E-state index contributed by atoms with van der Waals surface area (Å²) in [4.78, 5) is 31.8. The summed E-state index contributed by atoms with van der Waals surface area (Å²) in [6.45, 7) is -0.125. The molecule has 0 spiro atoms. The van der Waals surface area contributed by atoms with Crippen molar-refractivity contribution in [2.45, 2.75) is 16.3 Å². The number of benzene rings is 2. The van der Waals surface area contributed by atoms with Crippen LogP contribution in [0.15, 0.2) is 80.9 Å². The monoisotopic (exact) mass is 427 g/mol. The first-order chi connectivity index (χ1) is 13.6. The molecule has 1 amide bonds. The van der Waals surface area contributed by atoms with E-state index in [1.54, 1.807) is 18.2 Å². The SMILES string of the molecule is O=C(Cn1cnc2sccc2c1=O)Nc1cc(Cl)ccc1Sc1ccccc1. The average molecular weight is 428 g/mol. The van der Waals surface area contributed by atoms with E-state index in [0.717, 1.165) is 9.79 Å². The van der Waals surface area contributed by atoms with E-state index in [-0.39, 0.29) is 18.0 Å². The van der Waals surface area contributed by atoms with Crippen molar-refractivity contribution in [1.82, 2.24) is 9.55 Å². The lowest BCUT2D eigenvalue weighted by molar-refractivity contribution is -0.116. The largest absolute Gasteiger partial charge is 0.323 e. The van der Waals surface area contributed by atoms with Crippen molar-refractivity contribution in [3.8, 4) is 0 Å². The first-order valence-electron chi connectivity index (χ1n) is 8.35. The maximum Gasteiger partial charge on any atom is 0.262 e. The topological polar surface area (TPSA) is 64.0 Å². The van der Waals surface area contributed by atoms with Gasteiger partial charge in [0, 0.05) is 14.8 Å². The molecular formula is C20H14ClN3O2S2. The molecule has 0 saturated carbocycles. The summed E-state index contributed by atoms with van der Waals surface area (Å²) in [6, 6.07) is 16.9. The van der Waals surface area contributed by atoms with Gasteiger partial charge in [0.25, 0.3) is 5.56 Å². The van der Waals surface area contributed by atoms with Gasteiger partial charge < -0.3 is 5.32 Å². The van der Waals surface area contributed by atoms with E-state index in [9.17, 15) is 9.59 Å². The number of amides is 1. The number of carbonyl (C=O) groups is 1. The van der Waals surface area contributed by atoms with Crippen LogP contribution in [0.3, 0.4) is 0 Å². The quantitative estimate of drug-likeness (QED) is 0.492. The summed E-state index contributed by atoms with van der Waals surface area (Å²) in [6.07, 6.45) is 1.40. The highest BCUT2D eigenvalue weighted by molar-refractivity contribution is 7.99. The van der Waals surface area contributed by atoms with Crippen LogP contribution in [-0.2, 0) is 11.3 Å². The van der Waals surface area contributed by atoms with E-state index in [4.69, 9.17) is 11.6 Å². The van der Waals surface area contributed by atoms with Crippen LogP contribution in [0.25, 0.3) is 10.2 Å². The Hall–Kier alpha value is -2.61. The van der Waals surface area contributed by atoms with Gasteiger partial charge >= 0.3 is 0 Å². The molecule has 2 aromatic carbocycles. The van der Waals surface area contributed by atoms with Gasteiger partial charge in [0.15, 0.2) is 0 Å². The molecule has 28 heavy (non-hydrogen) atoms. The molecule has 0 bridgehead atoms. The number of halogens is 1. The van der Waals surface area contributed by atoms with E-state index in [2.05, 4.69) is 10.3 Å². The Morgan fingerprint density at radius 1 is 1.18 bits per heavy atom. The highest BCUT2D eigenvalue weighted by Gasteiger charge is 2.12. The van der Waals surface area contributed by atoms with Crippen molar-refractivity contribution < 1.29 is 4.79 Å². The number of aromatic nitrogens is 2. The molecule has 0 aliphatic heterocycles. The van der Waals surface area contributed by atoms with E-state index in [0.29, 0.717) is 20.9 Å². The second-order valence-electron chi connectivity index (χ2n) is 5.92. The first kappa shape index (κ1) is 18.7. The number of carbonyl (C=O) groups excluding carboxylic acids is 1. The summed E-state index contributed by atoms with van der Waals surface area (Å²) >= 11 is 9.04. The highest BCUT2D eigenvalue weighted by atomic mass is 35.5. The number of thiophene rings is 1. The molecule has 140 valence electrons. The lowest BCUT2D eigenvalue weighted by atomic mass is 10.3. The fourth-order valence-electron chi connectivity index (χ4n) is 2.65. The van der Waals surface area contributed by atoms with Crippen LogP contribution >= 0.6 is 34.7 Å². The molecule has 0 saturated heterocycles. The Morgan fingerprint density at radius 3 is 2.82 bits per heavy atom. The predicted molar refractivity (Wildman–Crippen MR) is 115 cm³/mol. The van der Waals surface area contributed by atoms with E-state index < -0.39 is 0 Å². The van der Waals surface area contributed by atoms with Crippen LogP contribution in [0, 0.1) is 0 Å².